The van der Waals surface area contributed by atoms with E-state index in [1.165, 1.54) is 14.2 Å². The van der Waals surface area contributed by atoms with Crippen molar-refractivity contribution in [2.24, 2.45) is 17.3 Å². The highest BCUT2D eigenvalue weighted by atomic mass is 16.5. The van der Waals surface area contributed by atoms with Gasteiger partial charge in [-0.05, 0) is 30.7 Å². The van der Waals surface area contributed by atoms with Gasteiger partial charge in [0.25, 0.3) is 0 Å². The molecule has 0 N–H and O–H groups in total. The van der Waals surface area contributed by atoms with E-state index in [-0.39, 0.29) is 11.8 Å². The van der Waals surface area contributed by atoms with Crippen LogP contribution in [-0.2, 0) is 25.5 Å². The Balaban J connectivity index is 2.37. The number of hydrogen-bond donors (Lipinski definition) is 0. The first kappa shape index (κ1) is 18.0. The van der Waals surface area contributed by atoms with E-state index in [9.17, 15) is 9.59 Å². The zero-order valence-corrected chi connectivity index (χ0v) is 14.3. The molecule has 0 aromatic heterocycles. The van der Waals surface area contributed by atoms with Gasteiger partial charge in [-0.2, -0.15) is 0 Å². The minimum absolute atomic E-state index is 0.107. The van der Waals surface area contributed by atoms with Crippen LogP contribution in [0.4, 0.5) is 0 Å². The first-order valence-electron chi connectivity index (χ1n) is 8.03. The molecule has 1 aromatic rings. The van der Waals surface area contributed by atoms with E-state index in [0.29, 0.717) is 12.8 Å². The number of aryl methyl sites for hydroxylation is 1. The summed E-state index contributed by atoms with van der Waals surface area (Å²) in [5.41, 5.74) is 0.654. The van der Waals surface area contributed by atoms with Crippen LogP contribution in [0.15, 0.2) is 55.1 Å². The van der Waals surface area contributed by atoms with Gasteiger partial charge in [-0.1, -0.05) is 48.6 Å². The highest BCUT2D eigenvalue weighted by Crippen LogP contribution is 2.53. The summed E-state index contributed by atoms with van der Waals surface area (Å²) in [5, 5.41) is 0. The summed E-state index contributed by atoms with van der Waals surface area (Å²) in [6.45, 7) is 7.96. The molecule has 1 fully saturated rings. The van der Waals surface area contributed by atoms with Gasteiger partial charge >= 0.3 is 11.9 Å². The number of carbonyl (C=O) groups excluding carboxylic acids is 2. The number of ether oxygens (including phenoxy) is 2. The fraction of sp³-hybridized carbons (Fsp3) is 0.400. The highest BCUT2D eigenvalue weighted by Gasteiger charge is 2.60. The lowest BCUT2D eigenvalue weighted by atomic mass is 9.74. The number of esters is 2. The second-order valence-corrected chi connectivity index (χ2v) is 6.15. The maximum absolute atomic E-state index is 12.6. The SMILES string of the molecule is C=C[C@H]1CC(C(=O)OC)(C(=O)OC)[C@@H](CCc2ccccc2)C1=C. The molecule has 1 aliphatic carbocycles. The molecule has 0 saturated heterocycles. The number of hydrogen-bond acceptors (Lipinski definition) is 4. The fourth-order valence-corrected chi connectivity index (χ4v) is 3.72. The van der Waals surface area contributed by atoms with Crippen LogP contribution >= 0.6 is 0 Å². The molecule has 0 amide bonds. The van der Waals surface area contributed by atoms with Gasteiger partial charge in [0.05, 0.1) is 14.2 Å². The third kappa shape index (κ3) is 3.01. The van der Waals surface area contributed by atoms with Crippen molar-refractivity contribution in [1.29, 1.82) is 0 Å². The van der Waals surface area contributed by atoms with Gasteiger partial charge in [-0.25, -0.2) is 0 Å². The van der Waals surface area contributed by atoms with Crippen LogP contribution in [-0.4, -0.2) is 26.2 Å². The Bertz CT molecular complexity index is 616. The molecule has 2 atom stereocenters. The first-order chi connectivity index (χ1) is 11.5. The van der Waals surface area contributed by atoms with Crippen molar-refractivity contribution in [1.82, 2.24) is 0 Å². The third-order valence-electron chi connectivity index (χ3n) is 5.01. The van der Waals surface area contributed by atoms with Crippen molar-refractivity contribution in [3.8, 4) is 0 Å². The van der Waals surface area contributed by atoms with Crippen LogP contribution < -0.4 is 0 Å². The number of methoxy groups -OCH3 is 2. The van der Waals surface area contributed by atoms with E-state index in [4.69, 9.17) is 9.47 Å². The topological polar surface area (TPSA) is 52.6 Å². The number of rotatable bonds is 6. The average Bonchev–Trinajstić information content (AvgIpc) is 2.92. The summed E-state index contributed by atoms with van der Waals surface area (Å²) in [7, 11) is 2.59. The summed E-state index contributed by atoms with van der Waals surface area (Å²) < 4.78 is 9.94. The highest BCUT2D eigenvalue weighted by molar-refractivity contribution is 6.01. The molecule has 0 bridgehead atoms. The molecule has 1 aliphatic rings. The van der Waals surface area contributed by atoms with Gasteiger partial charge in [-0.3, -0.25) is 9.59 Å². The average molecular weight is 328 g/mol. The maximum Gasteiger partial charge on any atom is 0.323 e. The molecule has 1 saturated carbocycles. The molecule has 1 aromatic carbocycles. The molecule has 0 unspecified atom stereocenters. The lowest BCUT2D eigenvalue weighted by Crippen LogP contribution is -2.44. The van der Waals surface area contributed by atoms with Crippen LogP contribution in [0.1, 0.15) is 18.4 Å². The predicted octanol–water partition coefficient (Wildman–Crippen LogP) is 3.33. The van der Waals surface area contributed by atoms with E-state index in [1.54, 1.807) is 6.08 Å². The van der Waals surface area contributed by atoms with E-state index in [0.717, 1.165) is 17.6 Å². The Morgan fingerprint density at radius 1 is 1.21 bits per heavy atom. The van der Waals surface area contributed by atoms with Gasteiger partial charge in [0.1, 0.15) is 0 Å². The minimum atomic E-state index is -1.34. The maximum atomic E-state index is 12.6. The molecule has 0 radical (unpaired) electrons. The largest absolute Gasteiger partial charge is 0.468 e. The summed E-state index contributed by atoms with van der Waals surface area (Å²) >= 11 is 0. The van der Waals surface area contributed by atoms with Crippen molar-refractivity contribution < 1.29 is 19.1 Å². The Kier molecular flexibility index (Phi) is 5.60. The zero-order valence-electron chi connectivity index (χ0n) is 14.3. The van der Waals surface area contributed by atoms with E-state index in [1.807, 2.05) is 30.3 Å². The van der Waals surface area contributed by atoms with Crippen LogP contribution in [0.3, 0.4) is 0 Å². The van der Waals surface area contributed by atoms with Gasteiger partial charge in [0.2, 0.25) is 0 Å². The molecule has 24 heavy (non-hydrogen) atoms. The number of benzene rings is 1. The van der Waals surface area contributed by atoms with Crippen molar-refractivity contribution in [2.75, 3.05) is 14.2 Å². The lowest BCUT2D eigenvalue weighted by Gasteiger charge is -2.30. The normalized spacial score (nSPS) is 22.0. The van der Waals surface area contributed by atoms with Crippen LogP contribution in [0.2, 0.25) is 0 Å². The molecule has 2 rings (SSSR count). The van der Waals surface area contributed by atoms with Gasteiger partial charge in [0.15, 0.2) is 5.41 Å². The second kappa shape index (κ2) is 7.47. The van der Waals surface area contributed by atoms with Crippen LogP contribution in [0, 0.1) is 17.3 Å². The standard InChI is InChI=1S/C20H24O4/c1-5-16-13-20(18(21)23-3,19(22)24-4)17(14(16)2)12-11-15-9-7-6-8-10-15/h5-10,16-17H,1-2,11-13H2,3-4H3/t16-,17-/m0/s1. The number of allylic oxidation sites excluding steroid dienone is 2. The van der Waals surface area contributed by atoms with Gasteiger partial charge in [-0.15, -0.1) is 6.58 Å². The third-order valence-corrected chi connectivity index (χ3v) is 5.01. The van der Waals surface area contributed by atoms with Gasteiger partial charge in [0, 0.05) is 5.92 Å². The summed E-state index contributed by atoms with van der Waals surface area (Å²) in [6, 6.07) is 9.96. The molecule has 0 aliphatic heterocycles. The van der Waals surface area contributed by atoms with Crippen molar-refractivity contribution >= 4 is 11.9 Å². The molecule has 0 heterocycles. The summed E-state index contributed by atoms with van der Waals surface area (Å²) in [5.74, 6) is -1.56. The quantitative estimate of drug-likeness (QED) is 0.457. The van der Waals surface area contributed by atoms with Crippen LogP contribution in [0.5, 0.6) is 0 Å². The minimum Gasteiger partial charge on any atom is -0.468 e. The van der Waals surface area contributed by atoms with Crippen molar-refractivity contribution in [3.05, 3.63) is 60.7 Å². The molecular formula is C20H24O4. The summed E-state index contributed by atoms with van der Waals surface area (Å²) in [4.78, 5) is 25.1. The fourth-order valence-electron chi connectivity index (χ4n) is 3.72. The van der Waals surface area contributed by atoms with Crippen LogP contribution in [0.25, 0.3) is 0 Å². The Morgan fingerprint density at radius 2 is 1.79 bits per heavy atom. The number of carbonyl (C=O) groups is 2. The molecule has 4 nitrogen and oxygen atoms in total. The monoisotopic (exact) mass is 328 g/mol. The van der Waals surface area contributed by atoms with Gasteiger partial charge < -0.3 is 9.47 Å². The van der Waals surface area contributed by atoms with E-state index < -0.39 is 17.4 Å². The van der Waals surface area contributed by atoms with E-state index in [2.05, 4.69) is 13.2 Å². The lowest BCUT2D eigenvalue weighted by molar-refractivity contribution is -0.172. The molecule has 4 heteroatoms. The van der Waals surface area contributed by atoms with Crippen molar-refractivity contribution in [2.45, 2.75) is 19.3 Å². The molecule has 0 spiro atoms. The Labute approximate surface area is 143 Å². The van der Waals surface area contributed by atoms with Crippen molar-refractivity contribution in [3.63, 3.8) is 0 Å². The zero-order chi connectivity index (χ0) is 17.7. The summed E-state index contributed by atoms with van der Waals surface area (Å²) in [6.07, 6.45) is 3.40. The Morgan fingerprint density at radius 3 is 2.29 bits per heavy atom. The smallest absolute Gasteiger partial charge is 0.323 e. The predicted molar refractivity (Wildman–Crippen MR) is 92.2 cm³/mol. The van der Waals surface area contributed by atoms with E-state index >= 15 is 0 Å². The molecular weight excluding hydrogens is 304 g/mol. The first-order valence-corrected chi connectivity index (χ1v) is 8.03. The second-order valence-electron chi connectivity index (χ2n) is 6.15. The molecule has 128 valence electrons. The Hall–Kier alpha value is -2.36.